The number of nitrogens with two attached hydrogens (primary N) is 1. The van der Waals surface area contributed by atoms with E-state index in [4.69, 9.17) is 10.5 Å². The third-order valence-electron chi connectivity index (χ3n) is 3.94. The molecule has 5 heteroatoms. The van der Waals surface area contributed by atoms with Crippen molar-refractivity contribution in [3.63, 3.8) is 0 Å². The van der Waals surface area contributed by atoms with E-state index in [2.05, 4.69) is 38.7 Å². The van der Waals surface area contributed by atoms with E-state index in [1.54, 1.807) is 0 Å². The summed E-state index contributed by atoms with van der Waals surface area (Å²) >= 11 is 3.53. The van der Waals surface area contributed by atoms with Crippen LogP contribution in [-0.2, 0) is 10.3 Å². The highest BCUT2D eigenvalue weighted by molar-refractivity contribution is 9.10. The molecule has 2 aliphatic rings. The molecule has 0 unspecified atom stereocenters. The number of ether oxygens (including phenoxy) is 1. The molecule has 19 heavy (non-hydrogen) atoms. The average Bonchev–Trinajstić information content (AvgIpc) is 2.87. The molecule has 1 aromatic carbocycles. The fraction of sp³-hybridized carbons (Fsp3) is 0.571. The fourth-order valence-electron chi connectivity index (χ4n) is 2.74. The van der Waals surface area contributed by atoms with Crippen LogP contribution in [0.4, 0.5) is 5.69 Å². The highest BCUT2D eigenvalue weighted by atomic mass is 79.9. The van der Waals surface area contributed by atoms with E-state index in [-0.39, 0.29) is 5.54 Å². The molecule has 1 aromatic rings. The maximum atomic E-state index is 6.36. The second kappa shape index (κ2) is 5.40. The Bertz CT molecular complexity index is 456. The van der Waals surface area contributed by atoms with Crippen LogP contribution >= 0.6 is 15.9 Å². The number of hydrogen-bond acceptors (Lipinski definition) is 4. The smallest absolute Gasteiger partial charge is 0.0903 e. The van der Waals surface area contributed by atoms with Gasteiger partial charge in [0.25, 0.3) is 0 Å². The standard InChI is InChI=1S/C14H20BrN3O/c15-10-3-4-12(14(16)8-19-9-14)13(6-10)18-7-11-2-1-5-17-11/h3-4,6,11,17-18H,1-2,5,7-9,16H2/t11-/m0/s1. The van der Waals surface area contributed by atoms with E-state index in [9.17, 15) is 0 Å². The van der Waals surface area contributed by atoms with Crippen molar-refractivity contribution in [2.45, 2.75) is 24.4 Å². The molecule has 3 rings (SSSR count). The molecular weight excluding hydrogens is 306 g/mol. The van der Waals surface area contributed by atoms with Gasteiger partial charge in [0.2, 0.25) is 0 Å². The third kappa shape index (κ3) is 2.79. The second-order valence-electron chi connectivity index (χ2n) is 5.51. The van der Waals surface area contributed by atoms with Gasteiger partial charge in [-0.25, -0.2) is 0 Å². The van der Waals surface area contributed by atoms with E-state index in [1.807, 2.05) is 6.07 Å². The van der Waals surface area contributed by atoms with Gasteiger partial charge in [-0.15, -0.1) is 0 Å². The third-order valence-corrected chi connectivity index (χ3v) is 4.43. The van der Waals surface area contributed by atoms with Crippen LogP contribution in [0.25, 0.3) is 0 Å². The highest BCUT2D eigenvalue weighted by Gasteiger charge is 2.38. The van der Waals surface area contributed by atoms with Gasteiger partial charge in [0.05, 0.1) is 18.8 Å². The van der Waals surface area contributed by atoms with Crippen LogP contribution in [0.1, 0.15) is 18.4 Å². The van der Waals surface area contributed by atoms with Gasteiger partial charge in [0.1, 0.15) is 0 Å². The first-order valence-corrected chi connectivity index (χ1v) is 7.61. The number of nitrogens with one attached hydrogen (secondary N) is 2. The summed E-state index contributed by atoms with van der Waals surface area (Å²) < 4.78 is 6.35. The van der Waals surface area contributed by atoms with Crippen LogP contribution in [0.5, 0.6) is 0 Å². The zero-order valence-corrected chi connectivity index (χ0v) is 12.5. The number of hydrogen-bond donors (Lipinski definition) is 3. The summed E-state index contributed by atoms with van der Waals surface area (Å²) in [6.07, 6.45) is 2.51. The van der Waals surface area contributed by atoms with Crippen LogP contribution in [0.15, 0.2) is 22.7 Å². The maximum absolute atomic E-state index is 6.36. The first kappa shape index (κ1) is 13.4. The first-order chi connectivity index (χ1) is 9.17. The molecule has 2 saturated heterocycles. The van der Waals surface area contributed by atoms with Crippen molar-refractivity contribution in [2.24, 2.45) is 5.73 Å². The van der Waals surface area contributed by atoms with E-state index in [0.717, 1.165) is 28.8 Å². The lowest BCUT2D eigenvalue weighted by atomic mass is 9.88. The summed E-state index contributed by atoms with van der Waals surface area (Å²) in [4.78, 5) is 0. The van der Waals surface area contributed by atoms with E-state index >= 15 is 0 Å². The molecule has 1 atom stereocenters. The summed E-state index contributed by atoms with van der Waals surface area (Å²) in [5.41, 5.74) is 8.31. The Labute approximate surface area is 122 Å². The maximum Gasteiger partial charge on any atom is 0.0903 e. The van der Waals surface area contributed by atoms with Gasteiger partial charge < -0.3 is 21.1 Å². The Kier molecular flexibility index (Phi) is 3.80. The molecule has 0 aliphatic carbocycles. The lowest BCUT2D eigenvalue weighted by Gasteiger charge is -2.39. The number of anilines is 1. The molecule has 0 aromatic heterocycles. The monoisotopic (exact) mass is 325 g/mol. The average molecular weight is 326 g/mol. The van der Waals surface area contributed by atoms with Crippen molar-refractivity contribution in [1.82, 2.24) is 5.32 Å². The minimum Gasteiger partial charge on any atom is -0.383 e. The molecule has 4 N–H and O–H groups in total. The Hall–Kier alpha value is -0.620. The van der Waals surface area contributed by atoms with E-state index in [1.165, 1.54) is 12.8 Å². The Balaban J connectivity index is 1.76. The minimum atomic E-state index is -0.327. The number of halogens is 1. The van der Waals surface area contributed by atoms with E-state index in [0.29, 0.717) is 19.3 Å². The zero-order chi connectivity index (χ0) is 13.3. The lowest BCUT2D eigenvalue weighted by molar-refractivity contribution is -0.0565. The molecule has 0 amide bonds. The predicted molar refractivity (Wildman–Crippen MR) is 80.3 cm³/mol. The van der Waals surface area contributed by atoms with Gasteiger partial charge in [0.15, 0.2) is 0 Å². The topological polar surface area (TPSA) is 59.3 Å². The van der Waals surface area contributed by atoms with Gasteiger partial charge in [-0.3, -0.25) is 0 Å². The molecule has 0 saturated carbocycles. The van der Waals surface area contributed by atoms with Gasteiger partial charge in [0, 0.05) is 22.7 Å². The summed E-state index contributed by atoms with van der Waals surface area (Å²) in [5.74, 6) is 0. The van der Waals surface area contributed by atoms with Crippen molar-refractivity contribution < 1.29 is 4.74 Å². The predicted octanol–water partition coefficient (Wildman–Crippen LogP) is 1.80. The SMILES string of the molecule is NC1(c2ccc(Br)cc2NC[C@@H]2CCCN2)COC1. The van der Waals surface area contributed by atoms with Crippen LogP contribution in [0.3, 0.4) is 0 Å². The quantitative estimate of drug-likeness (QED) is 0.790. The molecule has 0 spiro atoms. The molecule has 0 bridgehead atoms. The van der Waals surface area contributed by atoms with Gasteiger partial charge in [-0.2, -0.15) is 0 Å². The molecule has 2 heterocycles. The van der Waals surface area contributed by atoms with Crippen molar-refractivity contribution in [2.75, 3.05) is 31.6 Å². The van der Waals surface area contributed by atoms with Gasteiger partial charge in [-0.05, 0) is 37.1 Å². The Morgan fingerprint density at radius 1 is 1.47 bits per heavy atom. The Morgan fingerprint density at radius 3 is 2.95 bits per heavy atom. The fourth-order valence-corrected chi connectivity index (χ4v) is 3.10. The molecule has 0 radical (unpaired) electrons. The van der Waals surface area contributed by atoms with Crippen LogP contribution in [-0.4, -0.2) is 32.3 Å². The minimum absolute atomic E-state index is 0.327. The van der Waals surface area contributed by atoms with Crippen LogP contribution < -0.4 is 16.4 Å². The summed E-state index contributed by atoms with van der Waals surface area (Å²) in [7, 11) is 0. The van der Waals surface area contributed by atoms with Crippen molar-refractivity contribution in [3.05, 3.63) is 28.2 Å². The van der Waals surface area contributed by atoms with Crippen LogP contribution in [0, 0.1) is 0 Å². The summed E-state index contributed by atoms with van der Waals surface area (Å²) in [6.45, 7) is 3.28. The summed E-state index contributed by atoms with van der Waals surface area (Å²) in [5, 5.41) is 7.04. The van der Waals surface area contributed by atoms with Gasteiger partial charge >= 0.3 is 0 Å². The molecule has 2 aliphatic heterocycles. The van der Waals surface area contributed by atoms with Crippen LogP contribution in [0.2, 0.25) is 0 Å². The lowest BCUT2D eigenvalue weighted by Crippen LogP contribution is -2.54. The highest BCUT2D eigenvalue weighted by Crippen LogP contribution is 2.34. The molecule has 104 valence electrons. The normalized spacial score (nSPS) is 25.1. The molecule has 2 fully saturated rings. The van der Waals surface area contributed by atoms with Gasteiger partial charge in [-0.1, -0.05) is 22.0 Å². The van der Waals surface area contributed by atoms with E-state index < -0.39 is 0 Å². The van der Waals surface area contributed by atoms with Crippen molar-refractivity contribution >= 4 is 21.6 Å². The second-order valence-corrected chi connectivity index (χ2v) is 6.43. The number of benzene rings is 1. The largest absolute Gasteiger partial charge is 0.383 e. The number of rotatable bonds is 4. The molecular formula is C14H20BrN3O. The Morgan fingerprint density at radius 2 is 2.32 bits per heavy atom. The molecule has 4 nitrogen and oxygen atoms in total. The summed E-state index contributed by atoms with van der Waals surface area (Å²) in [6, 6.07) is 6.81. The zero-order valence-electron chi connectivity index (χ0n) is 10.9. The van der Waals surface area contributed by atoms with Crippen molar-refractivity contribution in [1.29, 1.82) is 0 Å². The van der Waals surface area contributed by atoms with Crippen molar-refractivity contribution in [3.8, 4) is 0 Å². The first-order valence-electron chi connectivity index (χ1n) is 6.81.